The van der Waals surface area contributed by atoms with Gasteiger partial charge in [-0.1, -0.05) is 19.9 Å². The first-order valence-corrected chi connectivity index (χ1v) is 6.96. The van der Waals surface area contributed by atoms with E-state index in [1.165, 1.54) is 43.7 Å². The molecule has 0 unspecified atom stereocenters. The second-order valence-electron chi connectivity index (χ2n) is 4.49. The van der Waals surface area contributed by atoms with Crippen LogP contribution in [0.15, 0.2) is 28.5 Å². The predicted octanol–water partition coefficient (Wildman–Crippen LogP) is 4.15. The summed E-state index contributed by atoms with van der Waals surface area (Å²) in [6.45, 7) is 8.76. The lowest BCUT2D eigenvalue weighted by atomic mass is 10.1. The van der Waals surface area contributed by atoms with Crippen molar-refractivity contribution in [3.8, 4) is 0 Å². The van der Waals surface area contributed by atoms with E-state index in [1.807, 2.05) is 6.21 Å². The standard InChI is InChI=1S/C15H26N2/c1-4-10-15(16-13-14(5-2)6-3)17-11-8-7-9-12-17/h5,10,13H,4,6-9,11-12H2,1-3H3/b14-5-,15-10-,16-13-. The molecule has 0 bridgehead atoms. The Labute approximate surface area is 106 Å². The zero-order valence-corrected chi connectivity index (χ0v) is 11.6. The molecule has 0 aromatic heterocycles. The first kappa shape index (κ1) is 14.0. The van der Waals surface area contributed by atoms with Crippen LogP contribution in [0.1, 0.15) is 52.9 Å². The molecule has 1 fully saturated rings. The van der Waals surface area contributed by atoms with Gasteiger partial charge in [0.2, 0.25) is 0 Å². The SMILES string of the molecule is C\C=C(/C=N\C(=C\CC)N1CCCCC1)CC. The Morgan fingerprint density at radius 1 is 1.18 bits per heavy atom. The molecule has 0 saturated carbocycles. The minimum atomic E-state index is 1.05. The van der Waals surface area contributed by atoms with Crippen molar-refractivity contribution in [2.45, 2.75) is 52.9 Å². The third-order valence-corrected chi connectivity index (χ3v) is 3.21. The van der Waals surface area contributed by atoms with Gasteiger partial charge in [0.25, 0.3) is 0 Å². The molecule has 1 heterocycles. The first-order valence-electron chi connectivity index (χ1n) is 6.96. The average molecular weight is 234 g/mol. The minimum absolute atomic E-state index is 1.05. The molecule has 96 valence electrons. The van der Waals surface area contributed by atoms with E-state index in [2.05, 4.69) is 42.8 Å². The van der Waals surface area contributed by atoms with E-state index in [1.54, 1.807) is 0 Å². The summed E-state index contributed by atoms with van der Waals surface area (Å²) in [5.74, 6) is 1.17. The van der Waals surface area contributed by atoms with Crippen LogP contribution >= 0.6 is 0 Å². The van der Waals surface area contributed by atoms with Crippen LogP contribution in [0.5, 0.6) is 0 Å². The van der Waals surface area contributed by atoms with Gasteiger partial charge >= 0.3 is 0 Å². The number of hydrogen-bond acceptors (Lipinski definition) is 2. The molecular weight excluding hydrogens is 208 g/mol. The van der Waals surface area contributed by atoms with Gasteiger partial charge in [-0.25, -0.2) is 4.99 Å². The second-order valence-corrected chi connectivity index (χ2v) is 4.49. The van der Waals surface area contributed by atoms with Crippen molar-refractivity contribution in [3.05, 3.63) is 23.5 Å². The quantitative estimate of drug-likeness (QED) is 0.652. The van der Waals surface area contributed by atoms with Crippen LogP contribution in [0.2, 0.25) is 0 Å². The lowest BCUT2D eigenvalue weighted by molar-refractivity contribution is 0.282. The average Bonchev–Trinajstić information content (AvgIpc) is 2.39. The summed E-state index contributed by atoms with van der Waals surface area (Å²) in [6, 6.07) is 0. The lowest BCUT2D eigenvalue weighted by Crippen LogP contribution is -2.28. The molecule has 17 heavy (non-hydrogen) atoms. The van der Waals surface area contributed by atoms with E-state index in [0.717, 1.165) is 12.8 Å². The highest BCUT2D eigenvalue weighted by Crippen LogP contribution is 2.16. The summed E-state index contributed by atoms with van der Waals surface area (Å²) in [5.41, 5.74) is 1.31. The van der Waals surface area contributed by atoms with Crippen LogP contribution in [0.3, 0.4) is 0 Å². The number of nitrogens with zero attached hydrogens (tertiary/aromatic N) is 2. The van der Waals surface area contributed by atoms with Gasteiger partial charge in [-0.3, -0.25) is 0 Å². The highest BCUT2D eigenvalue weighted by molar-refractivity contribution is 5.79. The van der Waals surface area contributed by atoms with Crippen LogP contribution in [-0.4, -0.2) is 24.2 Å². The number of allylic oxidation sites excluding steroid dienone is 3. The zero-order valence-electron chi connectivity index (χ0n) is 11.6. The third kappa shape index (κ3) is 4.76. The Balaban J connectivity index is 2.69. The smallest absolute Gasteiger partial charge is 0.124 e. The number of piperidine rings is 1. The van der Waals surface area contributed by atoms with Crippen molar-refractivity contribution >= 4 is 6.21 Å². The molecule has 2 nitrogen and oxygen atoms in total. The number of aliphatic imine (C=N–C) groups is 1. The van der Waals surface area contributed by atoms with Gasteiger partial charge in [-0.2, -0.15) is 0 Å². The van der Waals surface area contributed by atoms with E-state index >= 15 is 0 Å². The van der Waals surface area contributed by atoms with Crippen LogP contribution < -0.4 is 0 Å². The Morgan fingerprint density at radius 3 is 2.41 bits per heavy atom. The fourth-order valence-electron chi connectivity index (χ4n) is 2.09. The maximum absolute atomic E-state index is 4.67. The molecule has 0 aromatic carbocycles. The van der Waals surface area contributed by atoms with Gasteiger partial charge in [-0.05, 0) is 50.7 Å². The molecule has 0 spiro atoms. The summed E-state index contributed by atoms with van der Waals surface area (Å²) in [7, 11) is 0. The van der Waals surface area contributed by atoms with E-state index < -0.39 is 0 Å². The van der Waals surface area contributed by atoms with Crippen molar-refractivity contribution in [3.63, 3.8) is 0 Å². The van der Waals surface area contributed by atoms with Crippen molar-refractivity contribution in [1.29, 1.82) is 0 Å². The van der Waals surface area contributed by atoms with E-state index in [4.69, 9.17) is 0 Å². The molecule has 2 heteroatoms. The number of rotatable bonds is 5. The molecule has 1 saturated heterocycles. The van der Waals surface area contributed by atoms with Crippen LogP contribution in [0, 0.1) is 0 Å². The molecule has 1 aliphatic rings. The van der Waals surface area contributed by atoms with Crippen molar-refractivity contribution in [2.24, 2.45) is 4.99 Å². The summed E-state index contributed by atoms with van der Waals surface area (Å²) in [4.78, 5) is 7.10. The van der Waals surface area contributed by atoms with Gasteiger partial charge < -0.3 is 4.90 Å². The molecule has 0 aromatic rings. The molecule has 0 radical (unpaired) electrons. The third-order valence-electron chi connectivity index (χ3n) is 3.21. The van der Waals surface area contributed by atoms with Crippen LogP contribution in [0.25, 0.3) is 0 Å². The van der Waals surface area contributed by atoms with E-state index in [-0.39, 0.29) is 0 Å². The molecule has 0 atom stereocenters. The normalized spacial score (nSPS) is 19.1. The largest absolute Gasteiger partial charge is 0.357 e. The second kappa shape index (κ2) is 8.10. The highest BCUT2D eigenvalue weighted by Gasteiger charge is 2.11. The van der Waals surface area contributed by atoms with Gasteiger partial charge in [-0.15, -0.1) is 0 Å². The van der Waals surface area contributed by atoms with Gasteiger partial charge in [0, 0.05) is 19.3 Å². The predicted molar refractivity (Wildman–Crippen MR) is 76.3 cm³/mol. The Morgan fingerprint density at radius 2 is 1.88 bits per heavy atom. The van der Waals surface area contributed by atoms with Crippen molar-refractivity contribution in [2.75, 3.05) is 13.1 Å². The minimum Gasteiger partial charge on any atom is -0.357 e. The van der Waals surface area contributed by atoms with E-state index in [0.29, 0.717) is 0 Å². The number of likely N-dealkylation sites (tertiary alicyclic amines) is 1. The maximum Gasteiger partial charge on any atom is 0.124 e. The summed E-state index contributed by atoms with van der Waals surface area (Å²) in [5, 5.41) is 0. The summed E-state index contributed by atoms with van der Waals surface area (Å²) in [6.07, 6.45) is 12.5. The summed E-state index contributed by atoms with van der Waals surface area (Å²) >= 11 is 0. The Kier molecular flexibility index (Phi) is 6.68. The fraction of sp³-hybridized carbons (Fsp3) is 0.667. The molecule has 0 N–H and O–H groups in total. The van der Waals surface area contributed by atoms with Crippen molar-refractivity contribution < 1.29 is 0 Å². The maximum atomic E-state index is 4.67. The van der Waals surface area contributed by atoms with Crippen LogP contribution in [-0.2, 0) is 0 Å². The fourth-order valence-corrected chi connectivity index (χ4v) is 2.09. The topological polar surface area (TPSA) is 15.6 Å². The van der Waals surface area contributed by atoms with Crippen LogP contribution in [0.4, 0.5) is 0 Å². The monoisotopic (exact) mass is 234 g/mol. The molecular formula is C15H26N2. The molecule has 0 amide bonds. The molecule has 1 rings (SSSR count). The van der Waals surface area contributed by atoms with Crippen molar-refractivity contribution in [1.82, 2.24) is 4.90 Å². The summed E-state index contributed by atoms with van der Waals surface area (Å²) < 4.78 is 0. The van der Waals surface area contributed by atoms with E-state index in [9.17, 15) is 0 Å². The first-order chi connectivity index (χ1) is 8.31. The lowest BCUT2D eigenvalue weighted by Gasteiger charge is -2.28. The Bertz CT molecular complexity index is 294. The van der Waals surface area contributed by atoms with Gasteiger partial charge in [0.1, 0.15) is 5.82 Å². The Hall–Kier alpha value is -1.05. The highest BCUT2D eigenvalue weighted by atomic mass is 15.2. The van der Waals surface area contributed by atoms with Gasteiger partial charge in [0.05, 0.1) is 0 Å². The number of hydrogen-bond donors (Lipinski definition) is 0. The van der Waals surface area contributed by atoms with Gasteiger partial charge in [0.15, 0.2) is 0 Å². The zero-order chi connectivity index (χ0) is 12.5. The molecule has 0 aliphatic carbocycles. The molecule has 1 aliphatic heterocycles.